The molecule has 1 aliphatic rings. The van der Waals surface area contributed by atoms with Crippen LogP contribution in [-0.4, -0.2) is 38.9 Å². The number of carbonyl (C=O) groups is 2. The molecular weight excluding hydrogens is 400 g/mol. The summed E-state index contributed by atoms with van der Waals surface area (Å²) in [5, 5.41) is 3.09. The number of amides is 2. The van der Waals surface area contributed by atoms with Gasteiger partial charge in [-0.2, -0.15) is 0 Å². The van der Waals surface area contributed by atoms with Crippen molar-refractivity contribution in [2.75, 3.05) is 6.54 Å². The van der Waals surface area contributed by atoms with Gasteiger partial charge in [-0.3, -0.25) is 9.59 Å². The van der Waals surface area contributed by atoms with E-state index in [0.717, 1.165) is 41.5 Å². The topological polar surface area (TPSA) is 67.2 Å². The van der Waals surface area contributed by atoms with E-state index in [4.69, 9.17) is 4.98 Å². The summed E-state index contributed by atoms with van der Waals surface area (Å²) in [7, 11) is 0. The van der Waals surface area contributed by atoms with Crippen LogP contribution in [0.25, 0.3) is 11.0 Å². The van der Waals surface area contributed by atoms with Gasteiger partial charge in [0.25, 0.3) is 5.91 Å². The smallest absolute Gasteiger partial charge is 0.252 e. The molecule has 1 aliphatic heterocycles. The molecule has 1 saturated heterocycles. The van der Waals surface area contributed by atoms with Gasteiger partial charge >= 0.3 is 0 Å². The molecule has 0 radical (unpaired) electrons. The fourth-order valence-electron chi connectivity index (χ4n) is 4.69. The average Bonchev–Trinajstić information content (AvgIpc) is 3.12. The lowest BCUT2D eigenvalue weighted by Gasteiger charge is -2.33. The maximum atomic E-state index is 13.2. The van der Waals surface area contributed by atoms with Crippen LogP contribution in [0.4, 0.5) is 0 Å². The second kappa shape index (κ2) is 9.15. The Bertz CT molecular complexity index is 1150. The van der Waals surface area contributed by atoms with Crippen LogP contribution in [0.1, 0.15) is 66.5 Å². The first-order valence-corrected chi connectivity index (χ1v) is 11.5. The second-order valence-corrected chi connectivity index (χ2v) is 8.99. The van der Waals surface area contributed by atoms with Crippen molar-refractivity contribution in [3.63, 3.8) is 0 Å². The number of aryl methyl sites for hydroxylation is 2. The SMILES string of the molecule is Cc1ccc(C(=O)NC(C)c2nc3ccccc3n2CC(=O)N2CCCCC2C)c(C)c1. The number of benzene rings is 2. The fourth-order valence-corrected chi connectivity index (χ4v) is 4.69. The zero-order chi connectivity index (χ0) is 22.8. The summed E-state index contributed by atoms with van der Waals surface area (Å²) >= 11 is 0. The lowest BCUT2D eigenvalue weighted by atomic mass is 10.0. The van der Waals surface area contributed by atoms with Crippen molar-refractivity contribution in [2.45, 2.75) is 65.6 Å². The molecule has 0 spiro atoms. The van der Waals surface area contributed by atoms with Crippen molar-refractivity contribution in [2.24, 2.45) is 0 Å². The molecule has 6 heteroatoms. The third kappa shape index (κ3) is 4.40. The Kier molecular flexibility index (Phi) is 6.31. The highest BCUT2D eigenvalue weighted by atomic mass is 16.2. The molecule has 1 aromatic heterocycles. The van der Waals surface area contributed by atoms with Gasteiger partial charge in [-0.05, 0) is 70.7 Å². The van der Waals surface area contributed by atoms with Crippen molar-refractivity contribution >= 4 is 22.8 Å². The molecule has 1 N–H and O–H groups in total. The van der Waals surface area contributed by atoms with Crippen LogP contribution in [0.2, 0.25) is 0 Å². The first-order chi connectivity index (χ1) is 15.3. The zero-order valence-electron chi connectivity index (χ0n) is 19.4. The van der Waals surface area contributed by atoms with Gasteiger partial charge < -0.3 is 14.8 Å². The quantitative estimate of drug-likeness (QED) is 0.643. The number of fused-ring (bicyclic) bond motifs is 1. The van der Waals surface area contributed by atoms with Gasteiger partial charge in [0.05, 0.1) is 17.1 Å². The Morgan fingerprint density at radius 1 is 1.16 bits per heavy atom. The first-order valence-electron chi connectivity index (χ1n) is 11.5. The number of imidazole rings is 1. The van der Waals surface area contributed by atoms with Crippen molar-refractivity contribution in [1.29, 1.82) is 0 Å². The summed E-state index contributed by atoms with van der Waals surface area (Å²) in [5.41, 5.74) is 4.46. The van der Waals surface area contributed by atoms with Crippen molar-refractivity contribution in [3.8, 4) is 0 Å². The second-order valence-electron chi connectivity index (χ2n) is 8.99. The maximum absolute atomic E-state index is 13.2. The van der Waals surface area contributed by atoms with E-state index >= 15 is 0 Å². The summed E-state index contributed by atoms with van der Waals surface area (Å²) in [6.45, 7) is 9.04. The molecular formula is C26H32N4O2. The Hall–Kier alpha value is -3.15. The van der Waals surface area contributed by atoms with Gasteiger partial charge in [-0.1, -0.05) is 29.8 Å². The van der Waals surface area contributed by atoms with Crippen LogP contribution in [0.15, 0.2) is 42.5 Å². The number of carbonyl (C=O) groups excluding carboxylic acids is 2. The number of aromatic nitrogens is 2. The van der Waals surface area contributed by atoms with Gasteiger partial charge in [0.2, 0.25) is 5.91 Å². The predicted molar refractivity (Wildman–Crippen MR) is 127 cm³/mol. The van der Waals surface area contributed by atoms with Crippen LogP contribution in [0.5, 0.6) is 0 Å². The maximum Gasteiger partial charge on any atom is 0.252 e. The Balaban J connectivity index is 1.61. The molecule has 0 aliphatic carbocycles. The molecule has 0 saturated carbocycles. The Labute approximate surface area is 189 Å². The van der Waals surface area contributed by atoms with E-state index in [2.05, 4.69) is 12.2 Å². The van der Waals surface area contributed by atoms with Gasteiger partial charge in [0.1, 0.15) is 12.4 Å². The molecule has 4 rings (SSSR count). The van der Waals surface area contributed by atoms with Crippen molar-refractivity contribution < 1.29 is 9.59 Å². The molecule has 1 fully saturated rings. The molecule has 32 heavy (non-hydrogen) atoms. The van der Waals surface area contributed by atoms with E-state index in [9.17, 15) is 9.59 Å². The number of piperidine rings is 1. The van der Waals surface area contributed by atoms with Crippen molar-refractivity contribution in [3.05, 3.63) is 65.0 Å². The largest absolute Gasteiger partial charge is 0.342 e. The van der Waals surface area contributed by atoms with Crippen LogP contribution >= 0.6 is 0 Å². The number of hydrogen-bond donors (Lipinski definition) is 1. The van der Waals surface area contributed by atoms with E-state index in [0.29, 0.717) is 11.4 Å². The Morgan fingerprint density at radius 2 is 1.94 bits per heavy atom. The third-order valence-electron chi connectivity index (χ3n) is 6.46. The predicted octanol–water partition coefficient (Wildman–Crippen LogP) is 4.55. The zero-order valence-corrected chi connectivity index (χ0v) is 19.4. The lowest BCUT2D eigenvalue weighted by Crippen LogP contribution is -2.44. The average molecular weight is 433 g/mol. The summed E-state index contributed by atoms with van der Waals surface area (Å²) < 4.78 is 1.96. The standard InChI is InChI=1S/C26H32N4O2/c1-17-12-13-21(18(2)15-17)26(32)27-20(4)25-28-22-10-5-6-11-23(22)30(25)16-24(31)29-14-8-7-9-19(29)3/h5-6,10-13,15,19-20H,7-9,14,16H2,1-4H3,(H,27,32). The summed E-state index contributed by atoms with van der Waals surface area (Å²) in [4.78, 5) is 33.0. The van der Waals surface area contributed by atoms with E-state index < -0.39 is 0 Å². The first kappa shape index (κ1) is 22.1. The highest BCUT2D eigenvalue weighted by Gasteiger charge is 2.26. The minimum Gasteiger partial charge on any atom is -0.342 e. The highest BCUT2D eigenvalue weighted by molar-refractivity contribution is 5.96. The minimum absolute atomic E-state index is 0.106. The van der Waals surface area contributed by atoms with E-state index in [1.54, 1.807) is 0 Å². The van der Waals surface area contributed by atoms with Gasteiger partial charge in [0, 0.05) is 18.2 Å². The van der Waals surface area contributed by atoms with Crippen LogP contribution in [0, 0.1) is 13.8 Å². The molecule has 168 valence electrons. The summed E-state index contributed by atoms with van der Waals surface area (Å²) in [6, 6.07) is 13.6. The monoisotopic (exact) mass is 432 g/mol. The molecule has 6 nitrogen and oxygen atoms in total. The Morgan fingerprint density at radius 3 is 2.69 bits per heavy atom. The molecule has 2 amide bonds. The number of nitrogens with zero attached hydrogens (tertiary/aromatic N) is 3. The third-order valence-corrected chi connectivity index (χ3v) is 6.46. The van der Waals surface area contributed by atoms with Gasteiger partial charge in [-0.25, -0.2) is 4.98 Å². The number of para-hydroxylation sites is 2. The van der Waals surface area contributed by atoms with E-state index in [1.165, 1.54) is 6.42 Å². The van der Waals surface area contributed by atoms with E-state index in [-0.39, 0.29) is 30.4 Å². The van der Waals surface area contributed by atoms with Crippen molar-refractivity contribution in [1.82, 2.24) is 19.8 Å². The molecule has 2 unspecified atom stereocenters. The molecule has 2 heterocycles. The van der Waals surface area contributed by atoms with Gasteiger partial charge in [-0.15, -0.1) is 0 Å². The molecule has 0 bridgehead atoms. The number of rotatable bonds is 5. The number of nitrogens with one attached hydrogen (secondary N) is 1. The normalized spacial score (nSPS) is 17.4. The summed E-state index contributed by atoms with van der Waals surface area (Å²) in [6.07, 6.45) is 3.27. The van der Waals surface area contributed by atoms with Crippen LogP contribution in [-0.2, 0) is 11.3 Å². The van der Waals surface area contributed by atoms with Crippen LogP contribution in [0.3, 0.4) is 0 Å². The summed E-state index contributed by atoms with van der Waals surface area (Å²) in [5.74, 6) is 0.668. The highest BCUT2D eigenvalue weighted by Crippen LogP contribution is 2.23. The number of hydrogen-bond acceptors (Lipinski definition) is 3. The number of likely N-dealkylation sites (tertiary alicyclic amines) is 1. The van der Waals surface area contributed by atoms with E-state index in [1.807, 2.05) is 72.7 Å². The lowest BCUT2D eigenvalue weighted by molar-refractivity contribution is -0.135. The van der Waals surface area contributed by atoms with Gasteiger partial charge in [0.15, 0.2) is 0 Å². The molecule has 2 aromatic carbocycles. The molecule has 3 aromatic rings. The van der Waals surface area contributed by atoms with Crippen LogP contribution < -0.4 is 5.32 Å². The molecule has 2 atom stereocenters. The fraction of sp³-hybridized carbons (Fsp3) is 0.423. The minimum atomic E-state index is -0.345.